The van der Waals surface area contributed by atoms with E-state index < -0.39 is 0 Å². The quantitative estimate of drug-likeness (QED) is 0.941. The van der Waals surface area contributed by atoms with Gasteiger partial charge in [0.15, 0.2) is 0 Å². The van der Waals surface area contributed by atoms with Crippen molar-refractivity contribution in [2.45, 2.75) is 52.1 Å². The fourth-order valence-corrected chi connectivity index (χ4v) is 3.48. The third kappa shape index (κ3) is 3.16. The number of nitrogens with zero attached hydrogens (tertiary/aromatic N) is 2. The first-order valence-electron chi connectivity index (χ1n) is 8.34. The highest BCUT2D eigenvalue weighted by Gasteiger charge is 2.27. The normalized spacial score (nSPS) is 25.3. The van der Waals surface area contributed by atoms with Crippen molar-refractivity contribution in [3.8, 4) is 0 Å². The Labute approximate surface area is 131 Å². The number of nitrogens with one attached hydrogen (secondary N) is 1. The summed E-state index contributed by atoms with van der Waals surface area (Å²) in [5.74, 6) is 1.44. The molecule has 1 aromatic heterocycles. The van der Waals surface area contributed by atoms with E-state index in [2.05, 4.69) is 28.7 Å². The first kappa shape index (κ1) is 15.1. The first-order chi connectivity index (χ1) is 10.6. The molecule has 3 rings (SSSR count). The lowest BCUT2D eigenvalue weighted by Crippen LogP contribution is -2.43. The van der Waals surface area contributed by atoms with Gasteiger partial charge < -0.3 is 9.88 Å². The molecule has 4 nitrogen and oxygen atoms in total. The van der Waals surface area contributed by atoms with Gasteiger partial charge in [-0.25, -0.2) is 4.98 Å². The van der Waals surface area contributed by atoms with E-state index in [9.17, 15) is 4.79 Å². The third-order valence-electron chi connectivity index (χ3n) is 5.16. The maximum absolute atomic E-state index is 12.2. The van der Waals surface area contributed by atoms with Gasteiger partial charge in [-0.05, 0) is 30.4 Å². The molecule has 3 unspecified atom stereocenters. The van der Waals surface area contributed by atoms with Crippen LogP contribution in [0.15, 0.2) is 30.6 Å². The highest BCUT2D eigenvalue weighted by atomic mass is 16.1. The molecular weight excluding hydrogens is 274 g/mol. The number of benzene rings is 1. The van der Waals surface area contributed by atoms with Gasteiger partial charge in [-0.3, -0.25) is 4.79 Å². The predicted octanol–water partition coefficient (Wildman–Crippen LogP) is 3.37. The fourth-order valence-electron chi connectivity index (χ4n) is 3.48. The average Bonchev–Trinajstić information content (AvgIpc) is 2.93. The number of para-hydroxylation sites is 2. The molecule has 2 aromatic rings. The van der Waals surface area contributed by atoms with Gasteiger partial charge >= 0.3 is 0 Å². The largest absolute Gasteiger partial charge is 0.353 e. The lowest BCUT2D eigenvalue weighted by molar-refractivity contribution is -0.122. The van der Waals surface area contributed by atoms with Gasteiger partial charge in [-0.1, -0.05) is 38.8 Å². The number of carbonyl (C=O) groups excluding carboxylic acids is 1. The van der Waals surface area contributed by atoms with Crippen molar-refractivity contribution in [3.05, 3.63) is 30.6 Å². The molecule has 0 aliphatic heterocycles. The molecule has 1 aliphatic rings. The molecule has 1 amide bonds. The molecule has 1 heterocycles. The molecule has 1 fully saturated rings. The number of hydrogen-bond donors (Lipinski definition) is 1. The highest BCUT2D eigenvalue weighted by Crippen LogP contribution is 2.29. The summed E-state index contributed by atoms with van der Waals surface area (Å²) in [6.07, 6.45) is 5.96. The Balaban J connectivity index is 1.56. The van der Waals surface area contributed by atoms with E-state index in [0.717, 1.165) is 17.5 Å². The Morgan fingerprint density at radius 3 is 3.00 bits per heavy atom. The number of fused-ring (bicyclic) bond motifs is 1. The van der Waals surface area contributed by atoms with E-state index in [1.165, 1.54) is 12.8 Å². The zero-order valence-corrected chi connectivity index (χ0v) is 13.5. The van der Waals surface area contributed by atoms with Gasteiger partial charge in [0, 0.05) is 19.0 Å². The number of hydrogen-bond acceptors (Lipinski definition) is 2. The summed E-state index contributed by atoms with van der Waals surface area (Å²) in [5.41, 5.74) is 2.08. The van der Waals surface area contributed by atoms with Crippen LogP contribution < -0.4 is 5.32 Å². The second-order valence-corrected chi connectivity index (χ2v) is 6.62. The van der Waals surface area contributed by atoms with Gasteiger partial charge in [-0.15, -0.1) is 0 Å². The summed E-state index contributed by atoms with van der Waals surface area (Å²) in [6, 6.07) is 8.38. The van der Waals surface area contributed by atoms with E-state index in [0.29, 0.717) is 30.8 Å². The van der Waals surface area contributed by atoms with Crippen molar-refractivity contribution in [1.82, 2.24) is 14.9 Å². The van der Waals surface area contributed by atoms with Gasteiger partial charge in [-0.2, -0.15) is 0 Å². The smallest absolute Gasteiger partial charge is 0.222 e. The van der Waals surface area contributed by atoms with Crippen LogP contribution in [0.1, 0.15) is 39.5 Å². The zero-order valence-electron chi connectivity index (χ0n) is 13.5. The van der Waals surface area contributed by atoms with E-state index >= 15 is 0 Å². The lowest BCUT2D eigenvalue weighted by atomic mass is 9.78. The third-order valence-corrected chi connectivity index (χ3v) is 5.16. The Morgan fingerprint density at radius 1 is 1.32 bits per heavy atom. The van der Waals surface area contributed by atoms with Crippen LogP contribution in [0.3, 0.4) is 0 Å². The van der Waals surface area contributed by atoms with E-state index in [1.807, 2.05) is 30.6 Å². The Bertz CT molecular complexity index is 649. The Morgan fingerprint density at radius 2 is 2.14 bits per heavy atom. The standard InChI is InChI=1S/C18H25N3O/c1-13-6-5-8-15(14(13)2)20-18(22)10-11-21-12-19-16-7-3-4-9-17(16)21/h3-4,7,9,12-15H,5-6,8,10-11H2,1-2H3,(H,20,22). The molecule has 0 spiro atoms. The maximum atomic E-state index is 12.2. The van der Waals surface area contributed by atoms with E-state index in [1.54, 1.807) is 0 Å². The number of aryl methyl sites for hydroxylation is 1. The summed E-state index contributed by atoms with van der Waals surface area (Å²) in [4.78, 5) is 16.6. The topological polar surface area (TPSA) is 46.9 Å². The summed E-state index contributed by atoms with van der Waals surface area (Å²) >= 11 is 0. The SMILES string of the molecule is CC1CCCC(NC(=O)CCn2cnc3ccccc32)C1C. The van der Waals surface area contributed by atoms with Crippen LogP contribution >= 0.6 is 0 Å². The van der Waals surface area contributed by atoms with Crippen molar-refractivity contribution < 1.29 is 4.79 Å². The predicted molar refractivity (Wildman–Crippen MR) is 88.5 cm³/mol. The van der Waals surface area contributed by atoms with Crippen LogP contribution in [0.2, 0.25) is 0 Å². The monoisotopic (exact) mass is 299 g/mol. The van der Waals surface area contributed by atoms with Crippen molar-refractivity contribution in [2.24, 2.45) is 11.8 Å². The molecule has 4 heteroatoms. The molecule has 0 radical (unpaired) electrons. The first-order valence-corrected chi connectivity index (χ1v) is 8.34. The molecule has 22 heavy (non-hydrogen) atoms. The Hall–Kier alpha value is -1.84. The van der Waals surface area contributed by atoms with Crippen LogP contribution in [0.5, 0.6) is 0 Å². The maximum Gasteiger partial charge on any atom is 0.222 e. The molecular formula is C18H25N3O. The fraction of sp³-hybridized carbons (Fsp3) is 0.556. The van der Waals surface area contributed by atoms with Gasteiger partial charge in [0.25, 0.3) is 0 Å². The average molecular weight is 299 g/mol. The minimum atomic E-state index is 0.156. The number of imidazole rings is 1. The highest BCUT2D eigenvalue weighted by molar-refractivity contribution is 5.77. The molecule has 0 saturated heterocycles. The van der Waals surface area contributed by atoms with Crippen LogP contribution in [-0.2, 0) is 11.3 Å². The molecule has 1 saturated carbocycles. The summed E-state index contributed by atoms with van der Waals surface area (Å²) in [7, 11) is 0. The number of aromatic nitrogens is 2. The molecule has 118 valence electrons. The number of amides is 1. The summed E-state index contributed by atoms with van der Waals surface area (Å²) in [6.45, 7) is 5.24. The Kier molecular flexibility index (Phi) is 4.46. The second-order valence-electron chi connectivity index (χ2n) is 6.62. The number of carbonyl (C=O) groups is 1. The summed E-state index contributed by atoms with van der Waals surface area (Å²) < 4.78 is 2.06. The van der Waals surface area contributed by atoms with E-state index in [4.69, 9.17) is 0 Å². The molecule has 1 aromatic carbocycles. The van der Waals surface area contributed by atoms with E-state index in [-0.39, 0.29) is 5.91 Å². The number of rotatable bonds is 4. The van der Waals surface area contributed by atoms with Crippen LogP contribution in [0.25, 0.3) is 11.0 Å². The van der Waals surface area contributed by atoms with Crippen molar-refractivity contribution in [1.29, 1.82) is 0 Å². The van der Waals surface area contributed by atoms with Gasteiger partial charge in [0.1, 0.15) is 0 Å². The van der Waals surface area contributed by atoms with Crippen molar-refractivity contribution in [3.63, 3.8) is 0 Å². The molecule has 1 aliphatic carbocycles. The molecule has 1 N–H and O–H groups in total. The van der Waals surface area contributed by atoms with Crippen molar-refractivity contribution in [2.75, 3.05) is 0 Å². The summed E-state index contributed by atoms with van der Waals surface area (Å²) in [5, 5.41) is 3.24. The lowest BCUT2D eigenvalue weighted by Gasteiger charge is -2.34. The minimum absolute atomic E-state index is 0.156. The van der Waals surface area contributed by atoms with Crippen molar-refractivity contribution >= 4 is 16.9 Å². The van der Waals surface area contributed by atoms with Crippen LogP contribution in [0, 0.1) is 11.8 Å². The van der Waals surface area contributed by atoms with Gasteiger partial charge in [0.2, 0.25) is 5.91 Å². The zero-order chi connectivity index (χ0) is 15.5. The van der Waals surface area contributed by atoms with Gasteiger partial charge in [0.05, 0.1) is 17.4 Å². The van der Waals surface area contributed by atoms with Crippen LogP contribution in [0.4, 0.5) is 0 Å². The minimum Gasteiger partial charge on any atom is -0.353 e. The van der Waals surface area contributed by atoms with Crippen LogP contribution in [-0.4, -0.2) is 21.5 Å². The molecule has 0 bridgehead atoms. The second kappa shape index (κ2) is 6.51. The molecule has 3 atom stereocenters.